The summed E-state index contributed by atoms with van der Waals surface area (Å²) in [5.74, 6) is 1.26. The van der Waals surface area contributed by atoms with Gasteiger partial charge in [-0.05, 0) is 40.5 Å². The number of thioether (sulfide) groups is 1. The third-order valence-corrected chi connectivity index (χ3v) is 6.12. The van der Waals surface area contributed by atoms with Gasteiger partial charge in [0.05, 0.1) is 5.75 Å². The van der Waals surface area contributed by atoms with Crippen molar-refractivity contribution in [3.05, 3.63) is 11.2 Å². The van der Waals surface area contributed by atoms with Crippen molar-refractivity contribution < 1.29 is 9.59 Å². The molecule has 1 aliphatic heterocycles. The van der Waals surface area contributed by atoms with Crippen LogP contribution in [0.15, 0.2) is 11.2 Å². The van der Waals surface area contributed by atoms with Crippen LogP contribution in [0.2, 0.25) is 5.15 Å². The van der Waals surface area contributed by atoms with Crippen LogP contribution in [-0.2, 0) is 4.79 Å². The van der Waals surface area contributed by atoms with Crippen molar-refractivity contribution in [2.45, 2.75) is 71.2 Å². The molecule has 3 amide bonds. The Kier molecular flexibility index (Phi) is 8.83. The number of carbonyl (C=O) groups is 2. The fourth-order valence-electron chi connectivity index (χ4n) is 3.06. The van der Waals surface area contributed by atoms with Crippen molar-refractivity contribution in [1.82, 2.24) is 25.5 Å². The normalized spacial score (nSPS) is 18.2. The Morgan fingerprint density at radius 1 is 1.26 bits per heavy atom. The highest BCUT2D eigenvalue weighted by Crippen LogP contribution is 2.24. The molecular formula is C21H35ClN6O2S. The minimum atomic E-state index is -0.278. The lowest BCUT2D eigenvalue weighted by Crippen LogP contribution is -2.59. The van der Waals surface area contributed by atoms with Gasteiger partial charge in [-0.2, -0.15) is 0 Å². The van der Waals surface area contributed by atoms with Crippen LogP contribution in [0.3, 0.4) is 0 Å². The maximum absolute atomic E-state index is 12.6. The summed E-state index contributed by atoms with van der Waals surface area (Å²) in [7, 11) is 0. The molecule has 2 heterocycles. The molecule has 2 unspecified atom stereocenters. The van der Waals surface area contributed by atoms with Crippen molar-refractivity contribution in [3.8, 4) is 0 Å². The largest absolute Gasteiger partial charge is 0.353 e. The third-order valence-electron chi connectivity index (χ3n) is 5.08. The number of nitrogens with one attached hydrogen (secondary N) is 2. The molecule has 174 valence electrons. The average Bonchev–Trinajstić information content (AvgIpc) is 2.64. The summed E-state index contributed by atoms with van der Waals surface area (Å²) in [6, 6.07) is 1.80. The molecule has 1 aromatic heterocycles. The molecule has 0 spiro atoms. The van der Waals surface area contributed by atoms with E-state index < -0.39 is 0 Å². The molecule has 8 nitrogen and oxygen atoms in total. The van der Waals surface area contributed by atoms with E-state index in [2.05, 4.69) is 39.3 Å². The zero-order valence-electron chi connectivity index (χ0n) is 19.5. The standard InChI is InChI=1S/C21H35ClN6O2S/c1-13(2)15(4)23-18(29)12-31-19-24-16(22)10-17(25-19)27-8-9-28(14(3)11-27)20(30)26-21(5,6)7/h10,13-15H,8-9,11-12H2,1-7H3,(H,23,29)(H,26,30). The molecule has 1 saturated heterocycles. The SMILES string of the molecule is CC(C)C(C)NC(=O)CSc1nc(Cl)cc(N2CCN(C(=O)NC(C)(C)C)C(C)C2)n1. The molecule has 2 atom stereocenters. The van der Waals surface area contributed by atoms with Gasteiger partial charge in [-0.15, -0.1) is 0 Å². The number of carbonyl (C=O) groups excluding carboxylic acids is 2. The van der Waals surface area contributed by atoms with Gasteiger partial charge in [-0.25, -0.2) is 14.8 Å². The topological polar surface area (TPSA) is 90.5 Å². The summed E-state index contributed by atoms with van der Waals surface area (Å²) in [5, 5.41) is 6.80. The van der Waals surface area contributed by atoms with E-state index in [1.54, 1.807) is 6.07 Å². The zero-order valence-corrected chi connectivity index (χ0v) is 21.1. The van der Waals surface area contributed by atoms with E-state index in [1.165, 1.54) is 11.8 Å². The number of hydrogen-bond donors (Lipinski definition) is 2. The number of hydrogen-bond acceptors (Lipinski definition) is 6. The van der Waals surface area contributed by atoms with Gasteiger partial charge in [0, 0.05) is 43.3 Å². The van der Waals surface area contributed by atoms with Crippen LogP contribution in [0.5, 0.6) is 0 Å². The highest BCUT2D eigenvalue weighted by molar-refractivity contribution is 7.99. The smallest absolute Gasteiger partial charge is 0.318 e. The van der Waals surface area contributed by atoms with Gasteiger partial charge < -0.3 is 20.4 Å². The van der Waals surface area contributed by atoms with E-state index in [-0.39, 0.29) is 35.3 Å². The molecule has 0 radical (unpaired) electrons. The Bertz CT molecular complexity index is 786. The monoisotopic (exact) mass is 470 g/mol. The Balaban J connectivity index is 1.99. The molecule has 10 heteroatoms. The molecule has 1 aliphatic rings. The second-order valence-electron chi connectivity index (χ2n) is 9.39. The lowest BCUT2D eigenvalue weighted by molar-refractivity contribution is -0.119. The molecule has 2 N–H and O–H groups in total. The van der Waals surface area contributed by atoms with E-state index >= 15 is 0 Å². The van der Waals surface area contributed by atoms with Crippen LogP contribution in [0.25, 0.3) is 0 Å². The van der Waals surface area contributed by atoms with Gasteiger partial charge in [-0.3, -0.25) is 4.79 Å². The molecule has 0 aliphatic carbocycles. The Labute approximate surface area is 194 Å². The molecule has 1 fully saturated rings. The summed E-state index contributed by atoms with van der Waals surface area (Å²) in [5.41, 5.74) is -0.278. The van der Waals surface area contributed by atoms with Gasteiger partial charge >= 0.3 is 6.03 Å². The predicted molar refractivity (Wildman–Crippen MR) is 127 cm³/mol. The minimum absolute atomic E-state index is 0.0178. The minimum Gasteiger partial charge on any atom is -0.353 e. The fourth-order valence-corrected chi connectivity index (χ4v) is 3.96. The number of nitrogens with zero attached hydrogens (tertiary/aromatic N) is 4. The number of amides is 3. The Hall–Kier alpha value is -1.74. The number of piperazine rings is 1. The maximum atomic E-state index is 12.6. The van der Waals surface area contributed by atoms with Crippen molar-refractivity contribution >= 4 is 41.1 Å². The third kappa shape index (κ3) is 8.03. The van der Waals surface area contributed by atoms with Gasteiger partial charge in [0.15, 0.2) is 5.16 Å². The van der Waals surface area contributed by atoms with Crippen LogP contribution in [0.1, 0.15) is 48.5 Å². The summed E-state index contributed by atoms with van der Waals surface area (Å²) in [6.45, 7) is 15.9. The summed E-state index contributed by atoms with van der Waals surface area (Å²) < 4.78 is 0. The number of anilines is 1. The number of rotatable bonds is 6. The number of halogens is 1. The van der Waals surface area contributed by atoms with Gasteiger partial charge in [0.1, 0.15) is 11.0 Å². The number of urea groups is 1. The van der Waals surface area contributed by atoms with Crippen LogP contribution in [0.4, 0.5) is 10.6 Å². The highest BCUT2D eigenvalue weighted by atomic mass is 35.5. The first-order valence-corrected chi connectivity index (χ1v) is 12.0. The second-order valence-corrected chi connectivity index (χ2v) is 10.7. The van der Waals surface area contributed by atoms with E-state index in [9.17, 15) is 9.59 Å². The average molecular weight is 471 g/mol. The van der Waals surface area contributed by atoms with Crippen molar-refractivity contribution in [1.29, 1.82) is 0 Å². The van der Waals surface area contributed by atoms with Crippen LogP contribution in [0, 0.1) is 5.92 Å². The highest BCUT2D eigenvalue weighted by Gasteiger charge is 2.30. The fraction of sp³-hybridized carbons (Fsp3) is 0.714. The lowest BCUT2D eigenvalue weighted by atomic mass is 10.1. The summed E-state index contributed by atoms with van der Waals surface area (Å²) >= 11 is 7.50. The van der Waals surface area contributed by atoms with Crippen LogP contribution >= 0.6 is 23.4 Å². The van der Waals surface area contributed by atoms with Gasteiger partial charge in [0.25, 0.3) is 0 Å². The Morgan fingerprint density at radius 2 is 1.94 bits per heavy atom. The molecule has 1 aromatic rings. The van der Waals surface area contributed by atoms with Gasteiger partial charge in [-0.1, -0.05) is 37.2 Å². The summed E-state index contributed by atoms with van der Waals surface area (Å²) in [4.78, 5) is 37.5. The number of aromatic nitrogens is 2. The van der Waals surface area contributed by atoms with E-state index in [0.29, 0.717) is 41.7 Å². The molecule has 2 rings (SSSR count). The van der Waals surface area contributed by atoms with E-state index in [1.807, 2.05) is 39.5 Å². The van der Waals surface area contributed by atoms with E-state index in [4.69, 9.17) is 11.6 Å². The quantitative estimate of drug-likeness (QED) is 0.376. The molecule has 31 heavy (non-hydrogen) atoms. The first-order chi connectivity index (χ1) is 14.4. The molecule has 0 saturated carbocycles. The first-order valence-electron chi connectivity index (χ1n) is 10.7. The lowest BCUT2D eigenvalue weighted by Gasteiger charge is -2.41. The molecule has 0 bridgehead atoms. The van der Waals surface area contributed by atoms with Crippen molar-refractivity contribution in [2.75, 3.05) is 30.3 Å². The zero-order chi connectivity index (χ0) is 23.3. The van der Waals surface area contributed by atoms with E-state index in [0.717, 1.165) is 0 Å². The summed E-state index contributed by atoms with van der Waals surface area (Å²) in [6.07, 6.45) is 0. The van der Waals surface area contributed by atoms with Gasteiger partial charge in [0.2, 0.25) is 5.91 Å². The van der Waals surface area contributed by atoms with Crippen molar-refractivity contribution in [3.63, 3.8) is 0 Å². The molecule has 0 aromatic carbocycles. The Morgan fingerprint density at radius 3 is 2.52 bits per heavy atom. The predicted octanol–water partition coefficient (Wildman–Crippen LogP) is 3.40. The van der Waals surface area contributed by atoms with Crippen LogP contribution in [-0.4, -0.2) is 69.8 Å². The maximum Gasteiger partial charge on any atom is 0.318 e. The second kappa shape index (κ2) is 10.7. The van der Waals surface area contributed by atoms with Crippen molar-refractivity contribution in [2.24, 2.45) is 5.92 Å². The molecular weight excluding hydrogens is 436 g/mol. The first kappa shape index (κ1) is 25.5. The van der Waals surface area contributed by atoms with Crippen LogP contribution < -0.4 is 15.5 Å².